The van der Waals surface area contributed by atoms with Gasteiger partial charge < -0.3 is 15.0 Å². The highest BCUT2D eigenvalue weighted by Gasteiger charge is 2.04. The Morgan fingerprint density at radius 1 is 1.56 bits per heavy atom. The average molecular weight is 151 g/mol. The average Bonchev–Trinajstić information content (AvgIpc) is 1.63. The number of ether oxygens (including phenoxy) is 1. The lowest BCUT2D eigenvalue weighted by Gasteiger charge is -2.05. The highest BCUT2D eigenvalue weighted by atomic mass is 31.2. The smallest absolute Gasteiger partial charge is 0.106 e. The maximum Gasteiger partial charge on any atom is 0.106 e. The summed E-state index contributed by atoms with van der Waals surface area (Å²) in [6.07, 6.45) is 0.351. The van der Waals surface area contributed by atoms with E-state index in [4.69, 9.17) is 10.5 Å². The maximum absolute atomic E-state index is 10.9. The predicted octanol–water partition coefficient (Wildman–Crippen LogP) is 0.542. The molecule has 2 N–H and O–H groups in total. The fourth-order valence-corrected chi connectivity index (χ4v) is 0.937. The van der Waals surface area contributed by atoms with Gasteiger partial charge in [-0.1, -0.05) is 0 Å². The van der Waals surface area contributed by atoms with Crippen molar-refractivity contribution < 1.29 is 9.30 Å². The second-order valence-corrected chi connectivity index (χ2v) is 5.81. The third-order valence-corrected chi connectivity index (χ3v) is 1.47. The Morgan fingerprint density at radius 2 is 2.11 bits per heavy atom. The Balaban J connectivity index is 3.18. The number of nitrogens with two attached hydrogens (primary N) is 1. The zero-order valence-corrected chi connectivity index (χ0v) is 6.86. The SMILES string of the molecule is CP(C)(=O)COCCN. The van der Waals surface area contributed by atoms with Crippen molar-refractivity contribution in [2.75, 3.05) is 32.8 Å². The zero-order chi connectivity index (χ0) is 7.33. The molecule has 56 valence electrons. The summed E-state index contributed by atoms with van der Waals surface area (Å²) in [4.78, 5) is 0. The van der Waals surface area contributed by atoms with E-state index in [0.717, 1.165) is 0 Å². The van der Waals surface area contributed by atoms with Crippen molar-refractivity contribution >= 4 is 7.14 Å². The summed E-state index contributed by atoms with van der Waals surface area (Å²) in [6.45, 7) is 4.40. The first-order valence-electron chi connectivity index (χ1n) is 2.88. The van der Waals surface area contributed by atoms with E-state index in [2.05, 4.69) is 0 Å². The van der Waals surface area contributed by atoms with Crippen LogP contribution in [0.2, 0.25) is 0 Å². The van der Waals surface area contributed by atoms with E-state index in [1.54, 1.807) is 13.3 Å². The molecule has 0 aromatic heterocycles. The summed E-state index contributed by atoms with van der Waals surface area (Å²) in [5, 5.41) is 0. The molecular formula is C5H14NO2P. The molecule has 0 bridgehead atoms. The maximum atomic E-state index is 10.9. The Hall–Kier alpha value is 0.150. The molecule has 0 atom stereocenters. The van der Waals surface area contributed by atoms with Gasteiger partial charge in [0.05, 0.1) is 13.0 Å². The minimum atomic E-state index is -1.97. The molecule has 3 nitrogen and oxygen atoms in total. The Labute approximate surface area is 55.9 Å². The first-order chi connectivity index (χ1) is 4.06. The molecule has 0 saturated carbocycles. The van der Waals surface area contributed by atoms with Gasteiger partial charge in [0.1, 0.15) is 7.14 Å². The molecule has 0 aliphatic carbocycles. The Morgan fingerprint density at radius 3 is 2.44 bits per heavy atom. The van der Waals surface area contributed by atoms with Crippen LogP contribution in [0.15, 0.2) is 0 Å². The molecule has 0 fully saturated rings. The topological polar surface area (TPSA) is 52.3 Å². The summed E-state index contributed by atoms with van der Waals surface area (Å²) in [6, 6.07) is 0. The van der Waals surface area contributed by atoms with Crippen LogP contribution in [0.4, 0.5) is 0 Å². The van der Waals surface area contributed by atoms with Crippen molar-refractivity contribution in [3.05, 3.63) is 0 Å². The van der Waals surface area contributed by atoms with Gasteiger partial charge in [0.2, 0.25) is 0 Å². The van der Waals surface area contributed by atoms with Gasteiger partial charge in [0.25, 0.3) is 0 Å². The molecule has 0 rings (SSSR count). The lowest BCUT2D eigenvalue weighted by Crippen LogP contribution is -2.08. The third kappa shape index (κ3) is 8.15. The molecule has 0 spiro atoms. The van der Waals surface area contributed by atoms with E-state index in [-0.39, 0.29) is 0 Å². The highest BCUT2D eigenvalue weighted by molar-refractivity contribution is 7.62. The van der Waals surface area contributed by atoms with Gasteiger partial charge in [-0.25, -0.2) is 0 Å². The highest BCUT2D eigenvalue weighted by Crippen LogP contribution is 2.34. The van der Waals surface area contributed by atoms with Crippen molar-refractivity contribution in [1.29, 1.82) is 0 Å². The van der Waals surface area contributed by atoms with Gasteiger partial charge in [0, 0.05) is 6.54 Å². The molecule has 0 radical (unpaired) electrons. The lowest BCUT2D eigenvalue weighted by molar-refractivity contribution is 0.185. The number of hydrogen-bond acceptors (Lipinski definition) is 3. The van der Waals surface area contributed by atoms with Crippen molar-refractivity contribution in [3.8, 4) is 0 Å². The minimum absolute atomic E-state index is 0.351. The van der Waals surface area contributed by atoms with Gasteiger partial charge in [0.15, 0.2) is 0 Å². The molecule has 0 aliphatic heterocycles. The van der Waals surface area contributed by atoms with Crippen LogP contribution in [-0.2, 0) is 9.30 Å². The van der Waals surface area contributed by atoms with Gasteiger partial charge in [-0.2, -0.15) is 0 Å². The molecule has 0 aromatic rings. The third-order valence-electron chi connectivity index (χ3n) is 0.664. The predicted molar refractivity (Wildman–Crippen MR) is 39.3 cm³/mol. The van der Waals surface area contributed by atoms with Crippen LogP contribution < -0.4 is 5.73 Å². The largest absolute Gasteiger partial charge is 0.372 e. The molecule has 0 amide bonds. The van der Waals surface area contributed by atoms with Crippen LogP contribution in [0.3, 0.4) is 0 Å². The van der Waals surface area contributed by atoms with Crippen LogP contribution in [-0.4, -0.2) is 32.8 Å². The summed E-state index contributed by atoms with van der Waals surface area (Å²) in [7, 11) is -1.97. The summed E-state index contributed by atoms with van der Waals surface area (Å²) >= 11 is 0. The molecule has 0 unspecified atom stereocenters. The molecular weight excluding hydrogens is 137 g/mol. The van der Waals surface area contributed by atoms with Gasteiger partial charge in [-0.3, -0.25) is 0 Å². The summed E-state index contributed by atoms with van der Waals surface area (Å²) in [5.41, 5.74) is 5.14. The monoisotopic (exact) mass is 151 g/mol. The molecule has 0 aliphatic rings. The van der Waals surface area contributed by atoms with E-state index in [1.807, 2.05) is 0 Å². The van der Waals surface area contributed by atoms with Gasteiger partial charge >= 0.3 is 0 Å². The summed E-state index contributed by atoms with van der Waals surface area (Å²) < 4.78 is 15.9. The van der Waals surface area contributed by atoms with E-state index in [9.17, 15) is 4.57 Å². The van der Waals surface area contributed by atoms with E-state index in [1.165, 1.54) is 0 Å². The van der Waals surface area contributed by atoms with Crippen LogP contribution in [0.25, 0.3) is 0 Å². The minimum Gasteiger partial charge on any atom is -0.372 e. The second-order valence-electron chi connectivity index (χ2n) is 2.40. The molecule has 0 heterocycles. The van der Waals surface area contributed by atoms with E-state index in [0.29, 0.717) is 19.5 Å². The van der Waals surface area contributed by atoms with E-state index < -0.39 is 7.14 Å². The van der Waals surface area contributed by atoms with Crippen LogP contribution in [0, 0.1) is 0 Å². The molecule has 0 saturated heterocycles. The van der Waals surface area contributed by atoms with Crippen molar-refractivity contribution in [1.82, 2.24) is 0 Å². The first-order valence-corrected chi connectivity index (χ1v) is 5.67. The zero-order valence-electron chi connectivity index (χ0n) is 5.96. The van der Waals surface area contributed by atoms with Crippen LogP contribution in [0.5, 0.6) is 0 Å². The molecule has 0 aromatic carbocycles. The quantitative estimate of drug-likeness (QED) is 0.471. The van der Waals surface area contributed by atoms with Crippen molar-refractivity contribution in [3.63, 3.8) is 0 Å². The standard InChI is InChI=1S/C5H14NO2P/c1-9(2,7)5-8-4-3-6/h3-6H2,1-2H3. The van der Waals surface area contributed by atoms with Crippen molar-refractivity contribution in [2.24, 2.45) is 5.73 Å². The molecule has 9 heavy (non-hydrogen) atoms. The van der Waals surface area contributed by atoms with Gasteiger partial charge in [-0.05, 0) is 13.3 Å². The lowest BCUT2D eigenvalue weighted by atomic mass is 10.7. The van der Waals surface area contributed by atoms with E-state index >= 15 is 0 Å². The molecule has 4 heteroatoms. The van der Waals surface area contributed by atoms with Crippen molar-refractivity contribution in [2.45, 2.75) is 0 Å². The Kier molecular flexibility index (Phi) is 4.11. The van der Waals surface area contributed by atoms with Crippen LogP contribution >= 0.6 is 7.14 Å². The van der Waals surface area contributed by atoms with Gasteiger partial charge in [-0.15, -0.1) is 0 Å². The number of rotatable bonds is 4. The first kappa shape index (κ1) is 9.15. The van der Waals surface area contributed by atoms with Crippen LogP contribution in [0.1, 0.15) is 0 Å². The Bertz CT molecular complexity index is 110. The fraction of sp³-hybridized carbons (Fsp3) is 1.00. The summed E-state index contributed by atoms with van der Waals surface area (Å²) in [5.74, 6) is 0. The number of hydrogen-bond donors (Lipinski definition) is 1. The second kappa shape index (κ2) is 4.04. The normalized spacial score (nSPS) is 11.9. The fourth-order valence-electron chi connectivity index (χ4n) is 0.368.